The minimum absolute atomic E-state index is 0.605. The fourth-order valence-electron chi connectivity index (χ4n) is 2.45. The first-order valence-electron chi connectivity index (χ1n) is 7.70. The Kier molecular flexibility index (Phi) is 4.99. The first-order valence-corrected chi connectivity index (χ1v) is 7.70. The lowest BCUT2D eigenvalue weighted by Crippen LogP contribution is -1.99. The second-order valence-corrected chi connectivity index (χ2v) is 5.20. The Bertz CT molecular complexity index is 884. The molecule has 0 atom stereocenters. The molecule has 1 N–H and O–H groups in total. The van der Waals surface area contributed by atoms with Gasteiger partial charge in [-0.25, -0.2) is 4.98 Å². The Morgan fingerprint density at radius 1 is 0.920 bits per heavy atom. The highest BCUT2D eigenvalue weighted by molar-refractivity contribution is 5.88. The third-order valence-corrected chi connectivity index (χ3v) is 3.72. The number of anilines is 1. The molecule has 3 aromatic rings. The van der Waals surface area contributed by atoms with E-state index in [1.54, 1.807) is 39.7 Å². The number of hydrogen-bond acceptors (Lipinski definition) is 6. The van der Waals surface area contributed by atoms with Crippen LogP contribution in [0.25, 0.3) is 10.9 Å². The molecule has 2 aromatic carbocycles. The van der Waals surface area contributed by atoms with Crippen molar-refractivity contribution in [1.82, 2.24) is 4.98 Å². The number of hydrogen-bond donors (Lipinski definition) is 1. The van der Waals surface area contributed by atoms with E-state index < -0.39 is 0 Å². The van der Waals surface area contributed by atoms with Crippen molar-refractivity contribution in [3.63, 3.8) is 0 Å². The summed E-state index contributed by atoms with van der Waals surface area (Å²) in [5.74, 6) is 2.51. The number of para-hydroxylation sites is 1. The maximum atomic E-state index is 5.40. The van der Waals surface area contributed by atoms with Crippen molar-refractivity contribution in [2.45, 2.75) is 0 Å². The smallest absolute Gasteiger partial charge is 0.146 e. The molecule has 0 amide bonds. The molecule has 3 rings (SSSR count). The van der Waals surface area contributed by atoms with E-state index in [1.807, 2.05) is 36.4 Å². The zero-order valence-corrected chi connectivity index (χ0v) is 14.3. The molecule has 25 heavy (non-hydrogen) atoms. The lowest BCUT2D eigenvalue weighted by atomic mass is 10.2. The number of nitrogens with zero attached hydrogens (tertiary/aromatic N) is 2. The molecule has 0 radical (unpaired) electrons. The third kappa shape index (κ3) is 3.63. The van der Waals surface area contributed by atoms with E-state index in [2.05, 4.69) is 15.5 Å². The summed E-state index contributed by atoms with van der Waals surface area (Å²) in [7, 11) is 4.77. The highest BCUT2D eigenvalue weighted by atomic mass is 16.5. The average Bonchev–Trinajstić information content (AvgIpc) is 2.67. The number of nitrogens with one attached hydrogen (secondary N) is 1. The van der Waals surface area contributed by atoms with Crippen molar-refractivity contribution in [3.05, 3.63) is 54.1 Å². The molecule has 0 aliphatic carbocycles. The van der Waals surface area contributed by atoms with E-state index in [0.29, 0.717) is 28.6 Å². The Labute approximate surface area is 146 Å². The van der Waals surface area contributed by atoms with Crippen LogP contribution in [-0.4, -0.2) is 32.5 Å². The molecule has 0 saturated carbocycles. The summed E-state index contributed by atoms with van der Waals surface area (Å²) >= 11 is 0. The number of pyridine rings is 1. The summed E-state index contributed by atoms with van der Waals surface area (Å²) in [5.41, 5.74) is 4.54. The maximum Gasteiger partial charge on any atom is 0.146 e. The van der Waals surface area contributed by atoms with Gasteiger partial charge in [0, 0.05) is 17.5 Å². The van der Waals surface area contributed by atoms with Crippen LogP contribution >= 0.6 is 0 Å². The number of ether oxygens (including phenoxy) is 3. The van der Waals surface area contributed by atoms with Gasteiger partial charge in [0.15, 0.2) is 0 Å². The van der Waals surface area contributed by atoms with Crippen molar-refractivity contribution in [2.75, 3.05) is 26.8 Å². The van der Waals surface area contributed by atoms with E-state index in [0.717, 1.165) is 10.9 Å². The molecular weight excluding hydrogens is 318 g/mol. The van der Waals surface area contributed by atoms with Gasteiger partial charge >= 0.3 is 0 Å². The Morgan fingerprint density at radius 2 is 1.64 bits per heavy atom. The number of hydrazone groups is 1. The Morgan fingerprint density at radius 3 is 2.32 bits per heavy atom. The standard InChI is InChI=1S/C19H19N3O3/c1-23-14-10-17(24-2)15(18(11-14)25-3)12-20-22-19-9-8-13-6-4-5-7-16(13)21-19/h4-12H,1-3H3,(H,21,22)/b20-12+. The van der Waals surface area contributed by atoms with Gasteiger partial charge in [-0.3, -0.25) is 5.43 Å². The SMILES string of the molecule is COc1cc(OC)c(/C=N/Nc2ccc3ccccc3n2)c(OC)c1. The molecule has 0 spiro atoms. The third-order valence-electron chi connectivity index (χ3n) is 3.72. The van der Waals surface area contributed by atoms with Gasteiger partial charge in [-0.15, -0.1) is 0 Å². The molecule has 0 unspecified atom stereocenters. The predicted octanol–water partition coefficient (Wildman–Crippen LogP) is 3.71. The number of methoxy groups -OCH3 is 3. The van der Waals surface area contributed by atoms with Crippen LogP contribution in [0, 0.1) is 0 Å². The lowest BCUT2D eigenvalue weighted by molar-refractivity contribution is 0.374. The van der Waals surface area contributed by atoms with Crippen LogP contribution in [0.1, 0.15) is 5.56 Å². The molecule has 0 saturated heterocycles. The molecule has 0 fully saturated rings. The molecule has 6 heteroatoms. The number of fused-ring (bicyclic) bond motifs is 1. The van der Waals surface area contributed by atoms with Crippen LogP contribution in [0.4, 0.5) is 5.82 Å². The highest BCUT2D eigenvalue weighted by Gasteiger charge is 2.11. The van der Waals surface area contributed by atoms with Gasteiger partial charge in [0.05, 0.1) is 38.6 Å². The molecule has 128 valence electrons. The largest absolute Gasteiger partial charge is 0.496 e. The summed E-state index contributed by atoms with van der Waals surface area (Å²) in [6, 6.07) is 15.3. The zero-order valence-electron chi connectivity index (χ0n) is 14.3. The summed E-state index contributed by atoms with van der Waals surface area (Å²) in [6.07, 6.45) is 1.63. The molecule has 0 bridgehead atoms. The first kappa shape index (κ1) is 16.6. The van der Waals surface area contributed by atoms with Crippen LogP contribution in [0.3, 0.4) is 0 Å². The maximum absolute atomic E-state index is 5.40. The molecule has 0 aliphatic heterocycles. The second-order valence-electron chi connectivity index (χ2n) is 5.20. The van der Waals surface area contributed by atoms with Crippen molar-refractivity contribution in [2.24, 2.45) is 5.10 Å². The van der Waals surface area contributed by atoms with Crippen LogP contribution < -0.4 is 19.6 Å². The average molecular weight is 337 g/mol. The van der Waals surface area contributed by atoms with E-state index in [9.17, 15) is 0 Å². The van der Waals surface area contributed by atoms with Gasteiger partial charge in [0.25, 0.3) is 0 Å². The fraction of sp³-hybridized carbons (Fsp3) is 0.158. The number of rotatable bonds is 6. The molecule has 0 aliphatic rings. The van der Waals surface area contributed by atoms with Crippen LogP contribution in [0.5, 0.6) is 17.2 Å². The molecule has 1 heterocycles. The van der Waals surface area contributed by atoms with Gasteiger partial charge in [-0.2, -0.15) is 5.10 Å². The fourth-order valence-corrected chi connectivity index (χ4v) is 2.45. The van der Waals surface area contributed by atoms with Gasteiger partial charge < -0.3 is 14.2 Å². The molecule has 1 aromatic heterocycles. The summed E-state index contributed by atoms with van der Waals surface area (Å²) < 4.78 is 16.0. The minimum atomic E-state index is 0.605. The highest BCUT2D eigenvalue weighted by Crippen LogP contribution is 2.32. The van der Waals surface area contributed by atoms with E-state index in [-0.39, 0.29) is 0 Å². The van der Waals surface area contributed by atoms with Gasteiger partial charge in [0.2, 0.25) is 0 Å². The van der Waals surface area contributed by atoms with Crippen molar-refractivity contribution >= 4 is 22.9 Å². The van der Waals surface area contributed by atoms with Crippen LogP contribution in [-0.2, 0) is 0 Å². The normalized spacial score (nSPS) is 10.8. The van der Waals surface area contributed by atoms with E-state index >= 15 is 0 Å². The van der Waals surface area contributed by atoms with Crippen molar-refractivity contribution in [3.8, 4) is 17.2 Å². The van der Waals surface area contributed by atoms with Gasteiger partial charge in [-0.05, 0) is 18.2 Å². The van der Waals surface area contributed by atoms with E-state index in [1.165, 1.54) is 0 Å². The summed E-state index contributed by atoms with van der Waals surface area (Å²) in [4.78, 5) is 4.51. The first-order chi connectivity index (χ1) is 12.2. The van der Waals surface area contributed by atoms with Crippen LogP contribution in [0.15, 0.2) is 53.6 Å². The zero-order chi connectivity index (χ0) is 17.6. The summed E-state index contributed by atoms with van der Waals surface area (Å²) in [6.45, 7) is 0. The van der Waals surface area contributed by atoms with Gasteiger partial charge in [0.1, 0.15) is 23.1 Å². The molecular formula is C19H19N3O3. The topological polar surface area (TPSA) is 65.0 Å². The predicted molar refractivity (Wildman–Crippen MR) is 99.1 cm³/mol. The molecule has 6 nitrogen and oxygen atoms in total. The van der Waals surface area contributed by atoms with Crippen LogP contribution in [0.2, 0.25) is 0 Å². The lowest BCUT2D eigenvalue weighted by Gasteiger charge is -2.12. The quantitative estimate of drug-likeness (QED) is 0.549. The Hall–Kier alpha value is -3.28. The van der Waals surface area contributed by atoms with Crippen molar-refractivity contribution < 1.29 is 14.2 Å². The second kappa shape index (κ2) is 7.53. The van der Waals surface area contributed by atoms with Gasteiger partial charge in [-0.1, -0.05) is 18.2 Å². The number of aromatic nitrogens is 1. The van der Waals surface area contributed by atoms with E-state index in [4.69, 9.17) is 14.2 Å². The minimum Gasteiger partial charge on any atom is -0.496 e. The number of benzene rings is 2. The Balaban J connectivity index is 1.85. The summed E-state index contributed by atoms with van der Waals surface area (Å²) in [5, 5.41) is 5.33. The monoisotopic (exact) mass is 337 g/mol. The van der Waals surface area contributed by atoms with Crippen molar-refractivity contribution in [1.29, 1.82) is 0 Å².